The fourth-order valence-electron chi connectivity index (χ4n) is 1.88. The molecule has 23 heavy (non-hydrogen) atoms. The molecule has 0 saturated carbocycles. The lowest BCUT2D eigenvalue weighted by molar-refractivity contribution is -0.138. The third-order valence-corrected chi connectivity index (χ3v) is 3.05. The summed E-state index contributed by atoms with van der Waals surface area (Å²) in [5.74, 6) is -0.103. The van der Waals surface area contributed by atoms with Crippen molar-refractivity contribution >= 4 is 11.8 Å². The zero-order valence-corrected chi connectivity index (χ0v) is 14.2. The van der Waals surface area contributed by atoms with E-state index in [1.165, 1.54) is 14.2 Å². The second-order valence-electron chi connectivity index (χ2n) is 5.00. The number of likely N-dealkylation sites (N-methyl/N-ethyl adjacent to an activating group) is 1. The van der Waals surface area contributed by atoms with Gasteiger partial charge < -0.3 is 19.1 Å². The molecule has 0 bridgehead atoms. The lowest BCUT2D eigenvalue weighted by Gasteiger charge is -2.11. The number of ether oxygens (including phenoxy) is 3. The van der Waals surface area contributed by atoms with Crippen LogP contribution in [0.25, 0.3) is 0 Å². The Labute approximate surface area is 136 Å². The van der Waals surface area contributed by atoms with Gasteiger partial charge in [0.25, 0.3) is 0 Å². The van der Waals surface area contributed by atoms with Crippen LogP contribution in [0.1, 0.15) is 17.3 Å². The third kappa shape index (κ3) is 5.10. The fraction of sp³-hybridized carbons (Fsp3) is 0.412. The molecule has 1 rings (SSSR count). The van der Waals surface area contributed by atoms with Gasteiger partial charge in [-0.25, -0.2) is 4.79 Å². The topological polar surface area (TPSA) is 65.1 Å². The molecule has 0 fully saturated rings. The average molecular weight is 321 g/mol. The van der Waals surface area contributed by atoms with Gasteiger partial charge in [0.05, 0.1) is 20.8 Å². The van der Waals surface area contributed by atoms with E-state index in [4.69, 9.17) is 14.2 Å². The van der Waals surface area contributed by atoms with Gasteiger partial charge in [0, 0.05) is 12.1 Å². The highest BCUT2D eigenvalue weighted by Crippen LogP contribution is 2.28. The predicted molar refractivity (Wildman–Crippen MR) is 87.1 cm³/mol. The van der Waals surface area contributed by atoms with Gasteiger partial charge in [-0.1, -0.05) is 6.08 Å². The zero-order chi connectivity index (χ0) is 17.4. The normalized spacial score (nSPS) is 11.3. The second kappa shape index (κ2) is 8.95. The van der Waals surface area contributed by atoms with Crippen molar-refractivity contribution in [3.05, 3.63) is 35.4 Å². The van der Waals surface area contributed by atoms with Crippen LogP contribution in [0.4, 0.5) is 0 Å². The lowest BCUT2D eigenvalue weighted by atomic mass is 10.0. The molecular weight excluding hydrogens is 298 g/mol. The first kappa shape index (κ1) is 18.7. The molecule has 1 aromatic rings. The van der Waals surface area contributed by atoms with Gasteiger partial charge in [0.2, 0.25) is 0 Å². The van der Waals surface area contributed by atoms with Crippen LogP contribution in [0.2, 0.25) is 0 Å². The Bertz CT molecular complexity index is 593. The molecule has 0 aliphatic rings. The molecule has 1 aromatic carbocycles. The van der Waals surface area contributed by atoms with E-state index >= 15 is 0 Å². The molecule has 0 spiro atoms. The van der Waals surface area contributed by atoms with Gasteiger partial charge in [-0.2, -0.15) is 0 Å². The fourth-order valence-corrected chi connectivity index (χ4v) is 1.88. The summed E-state index contributed by atoms with van der Waals surface area (Å²) in [4.78, 5) is 26.6. The number of methoxy groups -OCH3 is 2. The number of nitrogens with zero attached hydrogens (tertiary/aromatic N) is 1. The molecule has 0 unspecified atom stereocenters. The van der Waals surface area contributed by atoms with Gasteiger partial charge in [-0.15, -0.1) is 0 Å². The summed E-state index contributed by atoms with van der Waals surface area (Å²) in [7, 11) is 6.70. The first-order valence-corrected chi connectivity index (χ1v) is 7.23. The van der Waals surface area contributed by atoms with Gasteiger partial charge in [-0.05, 0) is 39.2 Å². The van der Waals surface area contributed by atoms with Crippen molar-refractivity contribution in [3.63, 3.8) is 0 Å². The number of hydrogen-bond acceptors (Lipinski definition) is 6. The number of carbonyl (C=O) groups excluding carboxylic acids is 2. The Balaban J connectivity index is 3.18. The molecule has 0 aliphatic heterocycles. The minimum Gasteiger partial charge on any atom is -0.493 e. The Morgan fingerprint density at radius 2 is 1.78 bits per heavy atom. The maximum Gasteiger partial charge on any atom is 0.341 e. The standard InChI is InChI=1S/C17H23NO5/c1-6-23-17(20)13(9-10-18(2)3)16(19)12-7-8-14(21-4)15(11-12)22-5/h7-9,11H,6,10H2,1-5H3. The van der Waals surface area contributed by atoms with Crippen molar-refractivity contribution in [2.24, 2.45) is 0 Å². The van der Waals surface area contributed by atoms with Crippen LogP contribution in [-0.4, -0.2) is 58.1 Å². The number of Topliss-reactive ketones (excluding diaryl/α,β-unsaturated/α-hetero) is 1. The first-order valence-electron chi connectivity index (χ1n) is 7.23. The highest BCUT2D eigenvalue weighted by Gasteiger charge is 2.22. The molecule has 0 N–H and O–H groups in total. The molecule has 6 nitrogen and oxygen atoms in total. The molecule has 0 heterocycles. The molecule has 0 radical (unpaired) electrons. The van der Waals surface area contributed by atoms with Gasteiger partial charge in [0.15, 0.2) is 17.3 Å². The van der Waals surface area contributed by atoms with E-state index in [-0.39, 0.29) is 12.2 Å². The molecule has 0 atom stereocenters. The van der Waals surface area contributed by atoms with Crippen LogP contribution < -0.4 is 9.47 Å². The molecule has 6 heteroatoms. The summed E-state index contributed by atoms with van der Waals surface area (Å²) in [5.41, 5.74) is 0.341. The quantitative estimate of drug-likeness (QED) is 0.240. The van der Waals surface area contributed by atoms with Crippen LogP contribution in [-0.2, 0) is 9.53 Å². The second-order valence-corrected chi connectivity index (χ2v) is 5.00. The minimum absolute atomic E-state index is 0.00719. The van der Waals surface area contributed by atoms with Crippen molar-refractivity contribution in [2.45, 2.75) is 6.92 Å². The van der Waals surface area contributed by atoms with Gasteiger partial charge >= 0.3 is 5.97 Å². The maximum atomic E-state index is 12.7. The van der Waals surface area contributed by atoms with Crippen LogP contribution in [0.3, 0.4) is 0 Å². The van der Waals surface area contributed by atoms with E-state index in [0.717, 1.165) is 0 Å². The molecule has 126 valence electrons. The Morgan fingerprint density at radius 3 is 2.30 bits per heavy atom. The van der Waals surface area contributed by atoms with Gasteiger partial charge in [0.1, 0.15) is 5.57 Å². The monoisotopic (exact) mass is 321 g/mol. The van der Waals surface area contributed by atoms with Crippen LogP contribution in [0.5, 0.6) is 11.5 Å². The number of esters is 1. The predicted octanol–water partition coefficient (Wildman–Crippen LogP) is 1.94. The average Bonchev–Trinajstić information content (AvgIpc) is 2.54. The molecule has 0 aliphatic carbocycles. The first-order chi connectivity index (χ1) is 10.9. The van der Waals surface area contributed by atoms with E-state index in [0.29, 0.717) is 23.6 Å². The third-order valence-electron chi connectivity index (χ3n) is 3.05. The number of benzene rings is 1. The van der Waals surface area contributed by atoms with Crippen molar-refractivity contribution < 1.29 is 23.8 Å². The smallest absolute Gasteiger partial charge is 0.341 e. The summed E-state index contributed by atoms with van der Waals surface area (Å²) >= 11 is 0. The lowest BCUT2D eigenvalue weighted by Crippen LogP contribution is -2.19. The number of carbonyl (C=O) groups is 2. The summed E-state index contributed by atoms with van der Waals surface area (Å²) < 4.78 is 15.3. The molecular formula is C17H23NO5. The molecule has 0 amide bonds. The number of ketones is 1. The molecule has 0 saturated heterocycles. The molecule has 0 aromatic heterocycles. The van der Waals surface area contributed by atoms with Crippen molar-refractivity contribution in [3.8, 4) is 11.5 Å². The number of hydrogen-bond donors (Lipinski definition) is 0. The van der Waals surface area contributed by atoms with Crippen LogP contribution >= 0.6 is 0 Å². The summed E-state index contributed by atoms with van der Waals surface area (Å²) in [5, 5.41) is 0. The summed E-state index contributed by atoms with van der Waals surface area (Å²) in [6.07, 6.45) is 1.57. The number of rotatable bonds is 8. The van der Waals surface area contributed by atoms with Crippen molar-refractivity contribution in [2.75, 3.05) is 41.5 Å². The largest absolute Gasteiger partial charge is 0.493 e. The Morgan fingerprint density at radius 1 is 1.13 bits per heavy atom. The summed E-state index contributed by atoms with van der Waals surface area (Å²) in [6.45, 7) is 2.35. The van der Waals surface area contributed by atoms with E-state index in [9.17, 15) is 9.59 Å². The Kier molecular flexibility index (Phi) is 7.28. The minimum atomic E-state index is -0.630. The highest BCUT2D eigenvalue weighted by molar-refractivity contribution is 6.24. The van der Waals surface area contributed by atoms with Crippen LogP contribution in [0.15, 0.2) is 29.8 Å². The zero-order valence-electron chi connectivity index (χ0n) is 14.2. The summed E-state index contributed by atoms with van der Waals surface area (Å²) in [6, 6.07) is 4.76. The maximum absolute atomic E-state index is 12.7. The van der Waals surface area contributed by atoms with Gasteiger partial charge in [-0.3, -0.25) is 4.79 Å². The van der Waals surface area contributed by atoms with E-state index in [2.05, 4.69) is 0 Å². The van der Waals surface area contributed by atoms with E-state index in [1.807, 2.05) is 19.0 Å². The van der Waals surface area contributed by atoms with Crippen molar-refractivity contribution in [1.29, 1.82) is 0 Å². The SMILES string of the molecule is CCOC(=O)C(=CCN(C)C)C(=O)c1ccc(OC)c(OC)c1. The van der Waals surface area contributed by atoms with Crippen molar-refractivity contribution in [1.82, 2.24) is 4.90 Å². The van der Waals surface area contributed by atoms with Crippen LogP contribution in [0, 0.1) is 0 Å². The Hall–Kier alpha value is -2.34. The van der Waals surface area contributed by atoms with E-state index < -0.39 is 11.8 Å². The van der Waals surface area contributed by atoms with E-state index in [1.54, 1.807) is 31.2 Å². The highest BCUT2D eigenvalue weighted by atomic mass is 16.5.